The van der Waals surface area contributed by atoms with E-state index in [0.717, 1.165) is 11.4 Å². The number of benzene rings is 1. The molecule has 0 fully saturated rings. The Kier molecular flexibility index (Phi) is 3.91. The van der Waals surface area contributed by atoms with Crippen LogP contribution in [0.3, 0.4) is 0 Å². The van der Waals surface area contributed by atoms with Crippen molar-refractivity contribution in [3.05, 3.63) is 41.7 Å². The number of anilines is 2. The maximum absolute atomic E-state index is 5.59. The summed E-state index contributed by atoms with van der Waals surface area (Å²) in [5, 5.41) is 3.10. The second-order valence-corrected chi connectivity index (χ2v) is 4.35. The smallest absolute Gasteiger partial charge is 0.228 e. The molecule has 0 bridgehead atoms. The molecule has 1 aromatic carbocycles. The summed E-state index contributed by atoms with van der Waals surface area (Å²) in [6, 6.07) is 9.27. The fourth-order valence-electron chi connectivity index (χ4n) is 1.62. The van der Waals surface area contributed by atoms with Crippen LogP contribution in [0, 0.1) is 6.92 Å². The number of hydrogen-bond acceptors (Lipinski definition) is 5. The number of methoxy groups -OCH3 is 1. The number of nitrogens with two attached hydrogens (primary N) is 1. The zero-order valence-corrected chi connectivity index (χ0v) is 11.5. The molecule has 0 aliphatic rings. The molecule has 98 valence electrons. The van der Waals surface area contributed by atoms with E-state index in [4.69, 9.17) is 22.7 Å². The first-order valence-electron chi connectivity index (χ1n) is 5.65. The minimum absolute atomic E-state index is 0.244. The lowest BCUT2D eigenvalue weighted by Crippen LogP contribution is -2.14. The molecule has 0 aliphatic heterocycles. The van der Waals surface area contributed by atoms with Crippen LogP contribution in [-0.2, 0) is 0 Å². The predicted octanol–water partition coefficient (Wildman–Crippen LogP) is 2.17. The Balaban J connectivity index is 2.35. The molecule has 1 aromatic heterocycles. The fraction of sp³-hybridized carbons (Fsp3) is 0.154. The van der Waals surface area contributed by atoms with Crippen molar-refractivity contribution in [1.82, 2.24) is 9.97 Å². The molecule has 0 unspecified atom stereocenters. The molecule has 1 heterocycles. The topological polar surface area (TPSA) is 73.1 Å². The van der Waals surface area contributed by atoms with Gasteiger partial charge in [-0.3, -0.25) is 0 Å². The summed E-state index contributed by atoms with van der Waals surface area (Å²) in [6.45, 7) is 1.86. The second kappa shape index (κ2) is 5.62. The number of rotatable bonds is 4. The average Bonchev–Trinajstić information content (AvgIpc) is 2.38. The lowest BCUT2D eigenvalue weighted by molar-refractivity contribution is 0.417. The minimum atomic E-state index is 0.244. The lowest BCUT2D eigenvalue weighted by atomic mass is 10.3. The number of aromatic nitrogens is 2. The quantitative estimate of drug-likeness (QED) is 0.832. The van der Waals surface area contributed by atoms with E-state index in [1.54, 1.807) is 13.2 Å². The molecular weight excluding hydrogens is 260 g/mol. The number of aryl methyl sites for hydroxylation is 1. The standard InChI is InChI=1S/C13H14N4OS/c1-8-7-10(12(14)19)17-13(15-8)16-9-5-3-4-6-11(9)18-2/h3-7H,1-2H3,(H2,14,19)(H,15,16,17). The van der Waals surface area contributed by atoms with Crippen molar-refractivity contribution in [1.29, 1.82) is 0 Å². The van der Waals surface area contributed by atoms with Gasteiger partial charge in [0.05, 0.1) is 12.8 Å². The van der Waals surface area contributed by atoms with Gasteiger partial charge >= 0.3 is 0 Å². The zero-order chi connectivity index (χ0) is 13.8. The summed E-state index contributed by atoms with van der Waals surface area (Å²) in [7, 11) is 1.61. The Morgan fingerprint density at radius 2 is 2.05 bits per heavy atom. The SMILES string of the molecule is COc1ccccc1Nc1nc(C)cc(C(N)=S)n1. The molecule has 5 nitrogen and oxygen atoms in total. The summed E-state index contributed by atoms with van der Waals surface area (Å²) in [5.74, 6) is 1.15. The van der Waals surface area contributed by atoms with Crippen molar-refractivity contribution in [2.75, 3.05) is 12.4 Å². The third kappa shape index (κ3) is 3.17. The van der Waals surface area contributed by atoms with Crippen LogP contribution in [0.25, 0.3) is 0 Å². The molecule has 0 spiro atoms. The van der Waals surface area contributed by atoms with Crippen LogP contribution in [0.1, 0.15) is 11.4 Å². The van der Waals surface area contributed by atoms with Gasteiger partial charge in [0.2, 0.25) is 5.95 Å². The molecule has 6 heteroatoms. The van der Waals surface area contributed by atoms with Gasteiger partial charge in [0, 0.05) is 5.69 Å². The number of hydrogen-bond donors (Lipinski definition) is 2. The molecule has 0 aliphatic carbocycles. The van der Waals surface area contributed by atoms with E-state index < -0.39 is 0 Å². The van der Waals surface area contributed by atoms with E-state index in [-0.39, 0.29) is 4.99 Å². The van der Waals surface area contributed by atoms with E-state index in [1.807, 2.05) is 31.2 Å². The van der Waals surface area contributed by atoms with Gasteiger partial charge in [-0.25, -0.2) is 9.97 Å². The number of nitrogens with one attached hydrogen (secondary N) is 1. The van der Waals surface area contributed by atoms with Crippen LogP contribution in [0.2, 0.25) is 0 Å². The Labute approximate surface area is 116 Å². The first kappa shape index (κ1) is 13.2. The Bertz CT molecular complexity index is 615. The van der Waals surface area contributed by atoms with E-state index in [0.29, 0.717) is 17.4 Å². The number of thiocarbonyl (C=S) groups is 1. The van der Waals surface area contributed by atoms with Gasteiger partial charge < -0.3 is 15.8 Å². The molecule has 0 amide bonds. The minimum Gasteiger partial charge on any atom is -0.495 e. The first-order chi connectivity index (χ1) is 9.10. The van der Waals surface area contributed by atoms with Crippen LogP contribution >= 0.6 is 12.2 Å². The molecule has 3 N–H and O–H groups in total. The summed E-state index contributed by atoms with van der Waals surface area (Å²) in [4.78, 5) is 8.80. The van der Waals surface area contributed by atoms with Crippen molar-refractivity contribution < 1.29 is 4.74 Å². The van der Waals surface area contributed by atoms with Crippen LogP contribution in [0.15, 0.2) is 30.3 Å². The Hall–Kier alpha value is -2.21. The lowest BCUT2D eigenvalue weighted by Gasteiger charge is -2.10. The first-order valence-corrected chi connectivity index (χ1v) is 6.06. The summed E-state index contributed by atoms with van der Waals surface area (Å²) < 4.78 is 5.26. The average molecular weight is 274 g/mol. The van der Waals surface area contributed by atoms with E-state index in [1.165, 1.54) is 0 Å². The summed E-state index contributed by atoms with van der Waals surface area (Å²) in [6.07, 6.45) is 0. The molecular formula is C13H14N4OS. The molecule has 2 aromatic rings. The number of ether oxygens (including phenoxy) is 1. The Morgan fingerprint density at radius 3 is 2.74 bits per heavy atom. The van der Waals surface area contributed by atoms with Crippen LogP contribution in [0.4, 0.5) is 11.6 Å². The molecule has 0 radical (unpaired) electrons. The fourth-order valence-corrected chi connectivity index (χ4v) is 1.72. The van der Waals surface area contributed by atoms with Gasteiger partial charge in [-0.2, -0.15) is 0 Å². The van der Waals surface area contributed by atoms with E-state index >= 15 is 0 Å². The monoisotopic (exact) mass is 274 g/mol. The third-order valence-corrected chi connectivity index (χ3v) is 2.67. The molecule has 0 saturated carbocycles. The van der Waals surface area contributed by atoms with Crippen molar-refractivity contribution >= 4 is 28.8 Å². The van der Waals surface area contributed by atoms with Gasteiger partial charge in [0.1, 0.15) is 16.4 Å². The third-order valence-electron chi connectivity index (χ3n) is 2.46. The zero-order valence-electron chi connectivity index (χ0n) is 10.7. The second-order valence-electron chi connectivity index (χ2n) is 3.91. The van der Waals surface area contributed by atoms with E-state index in [9.17, 15) is 0 Å². The normalized spacial score (nSPS) is 10.0. The van der Waals surface area contributed by atoms with Gasteiger partial charge in [0.25, 0.3) is 0 Å². The molecule has 2 rings (SSSR count). The predicted molar refractivity (Wildman–Crippen MR) is 78.9 cm³/mol. The Morgan fingerprint density at radius 1 is 1.32 bits per heavy atom. The largest absolute Gasteiger partial charge is 0.495 e. The van der Waals surface area contributed by atoms with Crippen molar-refractivity contribution in [3.63, 3.8) is 0 Å². The van der Waals surface area contributed by atoms with Crippen LogP contribution in [-0.4, -0.2) is 22.1 Å². The maximum Gasteiger partial charge on any atom is 0.228 e. The molecule has 0 saturated heterocycles. The van der Waals surface area contributed by atoms with Crippen LogP contribution < -0.4 is 15.8 Å². The van der Waals surface area contributed by atoms with Gasteiger partial charge in [-0.15, -0.1) is 0 Å². The van der Waals surface area contributed by atoms with E-state index in [2.05, 4.69) is 15.3 Å². The van der Waals surface area contributed by atoms with Gasteiger partial charge in [0.15, 0.2) is 0 Å². The number of para-hydroxylation sites is 2. The van der Waals surface area contributed by atoms with Crippen molar-refractivity contribution in [3.8, 4) is 5.75 Å². The van der Waals surface area contributed by atoms with Gasteiger partial charge in [-0.05, 0) is 25.1 Å². The highest BCUT2D eigenvalue weighted by Gasteiger charge is 2.07. The maximum atomic E-state index is 5.59. The van der Waals surface area contributed by atoms with Crippen molar-refractivity contribution in [2.45, 2.75) is 6.92 Å². The summed E-state index contributed by atoms with van der Waals surface area (Å²) in [5.41, 5.74) is 7.70. The highest BCUT2D eigenvalue weighted by atomic mass is 32.1. The highest BCUT2D eigenvalue weighted by molar-refractivity contribution is 7.80. The molecule has 19 heavy (non-hydrogen) atoms. The van der Waals surface area contributed by atoms with Crippen LogP contribution in [0.5, 0.6) is 5.75 Å². The molecule has 0 atom stereocenters. The number of nitrogens with zero attached hydrogens (tertiary/aromatic N) is 2. The van der Waals surface area contributed by atoms with Crippen molar-refractivity contribution in [2.24, 2.45) is 5.73 Å². The van der Waals surface area contributed by atoms with Gasteiger partial charge in [-0.1, -0.05) is 24.4 Å². The summed E-state index contributed by atoms with van der Waals surface area (Å²) >= 11 is 4.93. The highest BCUT2D eigenvalue weighted by Crippen LogP contribution is 2.25.